The van der Waals surface area contributed by atoms with Gasteiger partial charge in [-0.1, -0.05) is 0 Å². The molecule has 0 fully saturated rings. The molecule has 0 amide bonds. The van der Waals surface area contributed by atoms with Gasteiger partial charge < -0.3 is 4.90 Å². The van der Waals surface area contributed by atoms with Gasteiger partial charge in [-0.2, -0.15) is 0 Å². The van der Waals surface area contributed by atoms with E-state index in [-0.39, 0.29) is 11.9 Å². The van der Waals surface area contributed by atoms with Gasteiger partial charge in [-0.05, 0) is 42.8 Å². The summed E-state index contributed by atoms with van der Waals surface area (Å²) in [5, 5.41) is 0. The van der Waals surface area contributed by atoms with Gasteiger partial charge in [-0.3, -0.25) is 0 Å². The summed E-state index contributed by atoms with van der Waals surface area (Å²) in [5.41, 5.74) is 0. The first-order valence-electron chi connectivity index (χ1n) is 4.64. The Balaban J connectivity index is 3.04. The van der Waals surface area contributed by atoms with E-state index < -0.39 is 0 Å². The van der Waals surface area contributed by atoms with Gasteiger partial charge in [0, 0.05) is 23.3 Å². The monoisotopic (exact) mass is 260 g/mol. The number of hydrogen-bond acceptors (Lipinski definition) is 2. The molecule has 1 aromatic heterocycles. The van der Waals surface area contributed by atoms with Crippen LogP contribution >= 0.6 is 15.9 Å². The smallest absolute Gasteiger partial charge is 0.166 e. The molecule has 1 aromatic rings. The molecule has 0 unspecified atom stereocenters. The van der Waals surface area contributed by atoms with E-state index in [2.05, 4.69) is 20.9 Å². The molecule has 0 bridgehead atoms. The van der Waals surface area contributed by atoms with Gasteiger partial charge in [0.2, 0.25) is 0 Å². The second-order valence-electron chi connectivity index (χ2n) is 3.34. The van der Waals surface area contributed by atoms with E-state index in [0.717, 1.165) is 6.54 Å². The summed E-state index contributed by atoms with van der Waals surface area (Å²) in [6, 6.07) is 1.69. The number of halogens is 2. The van der Waals surface area contributed by atoms with Gasteiger partial charge in [0.15, 0.2) is 11.6 Å². The molecule has 1 heterocycles. The Labute approximate surface area is 92.3 Å². The van der Waals surface area contributed by atoms with Crippen LogP contribution in [-0.4, -0.2) is 17.6 Å². The highest BCUT2D eigenvalue weighted by Crippen LogP contribution is 2.21. The molecule has 4 heteroatoms. The van der Waals surface area contributed by atoms with E-state index in [9.17, 15) is 4.39 Å². The molecular formula is C10H14BrFN2. The maximum atomic E-state index is 13.5. The average Bonchev–Trinajstić information content (AvgIpc) is 2.09. The Kier molecular flexibility index (Phi) is 3.86. The summed E-state index contributed by atoms with van der Waals surface area (Å²) in [6.07, 6.45) is 1.61. The van der Waals surface area contributed by atoms with Crippen molar-refractivity contribution in [1.82, 2.24) is 4.98 Å². The number of aromatic nitrogens is 1. The van der Waals surface area contributed by atoms with Gasteiger partial charge in [0.25, 0.3) is 0 Å². The maximum absolute atomic E-state index is 13.5. The van der Waals surface area contributed by atoms with Crippen molar-refractivity contribution < 1.29 is 4.39 Å². The van der Waals surface area contributed by atoms with Crippen LogP contribution in [0.4, 0.5) is 10.2 Å². The highest BCUT2D eigenvalue weighted by Gasteiger charge is 2.14. The molecule has 0 aliphatic heterocycles. The van der Waals surface area contributed by atoms with Crippen LogP contribution in [0.25, 0.3) is 0 Å². The van der Waals surface area contributed by atoms with Crippen molar-refractivity contribution in [3.05, 3.63) is 22.6 Å². The van der Waals surface area contributed by atoms with Crippen molar-refractivity contribution in [3.63, 3.8) is 0 Å². The highest BCUT2D eigenvalue weighted by molar-refractivity contribution is 9.10. The lowest BCUT2D eigenvalue weighted by molar-refractivity contribution is 0.593. The Hall–Kier alpha value is -0.640. The average molecular weight is 261 g/mol. The van der Waals surface area contributed by atoms with Crippen LogP contribution in [-0.2, 0) is 0 Å². The molecule has 0 saturated heterocycles. The van der Waals surface area contributed by atoms with Crippen LogP contribution in [0.15, 0.2) is 16.7 Å². The lowest BCUT2D eigenvalue weighted by Crippen LogP contribution is -2.31. The van der Waals surface area contributed by atoms with Crippen molar-refractivity contribution in [2.45, 2.75) is 26.8 Å². The molecule has 14 heavy (non-hydrogen) atoms. The molecule has 2 nitrogen and oxygen atoms in total. The molecule has 0 spiro atoms. The van der Waals surface area contributed by atoms with E-state index >= 15 is 0 Å². The fourth-order valence-electron chi connectivity index (χ4n) is 1.38. The van der Waals surface area contributed by atoms with Gasteiger partial charge in [0.05, 0.1) is 0 Å². The molecular weight excluding hydrogens is 247 g/mol. The lowest BCUT2D eigenvalue weighted by Gasteiger charge is -2.26. The van der Waals surface area contributed by atoms with Crippen molar-refractivity contribution in [2.24, 2.45) is 0 Å². The van der Waals surface area contributed by atoms with Gasteiger partial charge in [-0.15, -0.1) is 0 Å². The standard InChI is InChI=1S/C10H14BrFN2/c1-4-14(7(2)3)10-9(12)5-8(11)6-13-10/h5-7H,4H2,1-3H3. The summed E-state index contributed by atoms with van der Waals surface area (Å²) >= 11 is 3.18. The number of rotatable bonds is 3. The quantitative estimate of drug-likeness (QED) is 0.830. The normalized spacial score (nSPS) is 10.7. The SMILES string of the molecule is CCN(c1ncc(Br)cc1F)C(C)C. The van der Waals surface area contributed by atoms with Crippen LogP contribution in [0, 0.1) is 5.82 Å². The summed E-state index contributed by atoms with van der Waals surface area (Å²) < 4.78 is 14.2. The van der Waals surface area contributed by atoms with E-state index in [1.165, 1.54) is 6.07 Å². The molecule has 0 saturated carbocycles. The van der Waals surface area contributed by atoms with Gasteiger partial charge in [-0.25, -0.2) is 9.37 Å². The summed E-state index contributed by atoms with van der Waals surface area (Å²) in [6.45, 7) is 6.78. The molecule has 0 N–H and O–H groups in total. The first-order chi connectivity index (χ1) is 6.56. The minimum absolute atomic E-state index is 0.253. The predicted octanol–water partition coefficient (Wildman–Crippen LogP) is 3.22. The summed E-state index contributed by atoms with van der Waals surface area (Å²) in [7, 11) is 0. The summed E-state index contributed by atoms with van der Waals surface area (Å²) in [5.74, 6) is 0.139. The van der Waals surface area contributed by atoms with Gasteiger partial charge >= 0.3 is 0 Å². The number of anilines is 1. The Bertz CT molecular complexity index is 315. The molecule has 0 aliphatic rings. The zero-order chi connectivity index (χ0) is 10.7. The number of nitrogens with zero attached hydrogens (tertiary/aromatic N) is 2. The minimum atomic E-state index is -0.282. The fraction of sp³-hybridized carbons (Fsp3) is 0.500. The van der Waals surface area contributed by atoms with Crippen molar-refractivity contribution in [1.29, 1.82) is 0 Å². The van der Waals surface area contributed by atoms with E-state index in [0.29, 0.717) is 10.3 Å². The second kappa shape index (κ2) is 4.73. The molecule has 0 atom stereocenters. The van der Waals surface area contributed by atoms with E-state index in [1.807, 2.05) is 25.7 Å². The van der Waals surface area contributed by atoms with Crippen LogP contribution < -0.4 is 4.90 Å². The van der Waals surface area contributed by atoms with Crippen LogP contribution in [0.2, 0.25) is 0 Å². The number of hydrogen-bond donors (Lipinski definition) is 0. The van der Waals surface area contributed by atoms with E-state index in [1.54, 1.807) is 6.20 Å². The van der Waals surface area contributed by atoms with Crippen LogP contribution in [0.1, 0.15) is 20.8 Å². The highest BCUT2D eigenvalue weighted by atomic mass is 79.9. The van der Waals surface area contributed by atoms with Crippen molar-refractivity contribution in [3.8, 4) is 0 Å². The first kappa shape index (κ1) is 11.4. The van der Waals surface area contributed by atoms with Gasteiger partial charge in [0.1, 0.15) is 0 Å². The fourth-order valence-corrected chi connectivity index (χ4v) is 1.68. The Morgan fingerprint density at radius 1 is 1.57 bits per heavy atom. The Morgan fingerprint density at radius 3 is 2.64 bits per heavy atom. The molecule has 0 aliphatic carbocycles. The molecule has 0 radical (unpaired) electrons. The van der Waals surface area contributed by atoms with Crippen LogP contribution in [0.5, 0.6) is 0 Å². The molecule has 1 rings (SSSR count). The second-order valence-corrected chi connectivity index (χ2v) is 4.25. The maximum Gasteiger partial charge on any atom is 0.166 e. The zero-order valence-corrected chi connectivity index (χ0v) is 10.2. The number of pyridine rings is 1. The minimum Gasteiger partial charge on any atom is -0.352 e. The third-order valence-electron chi connectivity index (χ3n) is 2.02. The van der Waals surface area contributed by atoms with Crippen molar-refractivity contribution >= 4 is 21.7 Å². The molecule has 0 aromatic carbocycles. The largest absolute Gasteiger partial charge is 0.352 e. The predicted molar refractivity (Wildman–Crippen MR) is 60.1 cm³/mol. The lowest BCUT2D eigenvalue weighted by atomic mass is 10.3. The topological polar surface area (TPSA) is 16.1 Å². The summed E-state index contributed by atoms with van der Waals surface area (Å²) in [4.78, 5) is 5.99. The third kappa shape index (κ3) is 2.44. The first-order valence-corrected chi connectivity index (χ1v) is 5.43. The van der Waals surface area contributed by atoms with E-state index in [4.69, 9.17) is 0 Å². The van der Waals surface area contributed by atoms with Crippen LogP contribution in [0.3, 0.4) is 0 Å². The Morgan fingerprint density at radius 2 is 2.21 bits per heavy atom. The third-order valence-corrected chi connectivity index (χ3v) is 2.46. The zero-order valence-electron chi connectivity index (χ0n) is 8.59. The molecule has 78 valence electrons. The van der Waals surface area contributed by atoms with Crippen molar-refractivity contribution in [2.75, 3.05) is 11.4 Å².